The van der Waals surface area contributed by atoms with Gasteiger partial charge in [0.25, 0.3) is 5.91 Å². The molecule has 1 aliphatic rings. The summed E-state index contributed by atoms with van der Waals surface area (Å²) in [4.78, 5) is 12.0. The van der Waals surface area contributed by atoms with Gasteiger partial charge in [0, 0.05) is 11.3 Å². The molecule has 0 aromatic heterocycles. The molecule has 1 N–H and O–H groups in total. The number of nitrogens with one attached hydrogen (secondary N) is 1. The van der Waals surface area contributed by atoms with Crippen LogP contribution in [0.1, 0.15) is 41.6 Å². The Kier molecular flexibility index (Phi) is 4.86. The summed E-state index contributed by atoms with van der Waals surface area (Å²) in [6.45, 7) is 1.81. The highest BCUT2D eigenvalue weighted by Crippen LogP contribution is 2.27. The smallest absolute Gasteiger partial charge is 0.254 e. The average molecular weight is 281 g/mol. The lowest BCUT2D eigenvalue weighted by Gasteiger charge is -2.28. The van der Waals surface area contributed by atoms with Crippen LogP contribution < -0.4 is 5.32 Å². The van der Waals surface area contributed by atoms with Crippen LogP contribution in [-0.2, 0) is 0 Å². The van der Waals surface area contributed by atoms with Crippen LogP contribution in [0.3, 0.4) is 0 Å². The van der Waals surface area contributed by atoms with Gasteiger partial charge in [-0.3, -0.25) is 4.79 Å². The molecule has 0 aliphatic heterocycles. The summed E-state index contributed by atoms with van der Waals surface area (Å²) < 4.78 is 13.7. The van der Waals surface area contributed by atoms with E-state index in [1.807, 2.05) is 18.7 Å². The molecule has 2 nitrogen and oxygen atoms in total. The lowest BCUT2D eigenvalue weighted by atomic mass is 9.94. The monoisotopic (exact) mass is 281 g/mol. The molecule has 19 heavy (non-hydrogen) atoms. The molecular formula is C15H20FNOS. The first-order valence-corrected chi connectivity index (χ1v) is 7.98. The van der Waals surface area contributed by atoms with Crippen molar-refractivity contribution >= 4 is 17.7 Å². The number of hydrogen-bond acceptors (Lipinski definition) is 2. The molecule has 1 aliphatic carbocycles. The van der Waals surface area contributed by atoms with Gasteiger partial charge in [-0.25, -0.2) is 4.39 Å². The first-order chi connectivity index (χ1) is 9.10. The minimum absolute atomic E-state index is 0.151. The highest BCUT2D eigenvalue weighted by atomic mass is 32.2. The van der Waals surface area contributed by atoms with Gasteiger partial charge in [0.15, 0.2) is 0 Å². The minimum atomic E-state index is -0.435. The van der Waals surface area contributed by atoms with E-state index in [1.165, 1.54) is 6.07 Å². The van der Waals surface area contributed by atoms with E-state index in [2.05, 4.69) is 11.6 Å². The van der Waals surface area contributed by atoms with Crippen molar-refractivity contribution in [2.75, 3.05) is 6.26 Å². The fourth-order valence-electron chi connectivity index (χ4n) is 2.51. The molecule has 0 bridgehead atoms. The van der Waals surface area contributed by atoms with Gasteiger partial charge in [-0.05, 0) is 56.6 Å². The van der Waals surface area contributed by atoms with Gasteiger partial charge in [-0.1, -0.05) is 6.07 Å². The molecule has 1 saturated carbocycles. The second-order valence-corrected chi connectivity index (χ2v) is 6.30. The minimum Gasteiger partial charge on any atom is -0.349 e. The number of rotatable bonds is 3. The Bertz CT molecular complexity index is 455. The standard InChI is InChI=1S/C15H20FNOS/c1-10-3-8-13(14(16)9-10)15(18)17-11-4-6-12(19-2)7-5-11/h3,8-9,11-12H,4-7H2,1-2H3,(H,17,18). The van der Waals surface area contributed by atoms with Crippen molar-refractivity contribution in [3.8, 4) is 0 Å². The van der Waals surface area contributed by atoms with Crippen LogP contribution in [0, 0.1) is 12.7 Å². The number of benzene rings is 1. The highest BCUT2D eigenvalue weighted by molar-refractivity contribution is 7.99. The zero-order chi connectivity index (χ0) is 13.8. The third-order valence-electron chi connectivity index (χ3n) is 3.71. The summed E-state index contributed by atoms with van der Waals surface area (Å²) in [6, 6.07) is 4.92. The predicted octanol–water partition coefficient (Wildman–Crippen LogP) is 3.54. The van der Waals surface area contributed by atoms with Crippen molar-refractivity contribution in [2.45, 2.75) is 43.9 Å². The Balaban J connectivity index is 1.94. The molecule has 0 unspecified atom stereocenters. The fourth-order valence-corrected chi connectivity index (χ4v) is 3.25. The first-order valence-electron chi connectivity index (χ1n) is 6.70. The third kappa shape index (κ3) is 3.72. The molecule has 104 valence electrons. The van der Waals surface area contributed by atoms with Gasteiger partial charge in [-0.2, -0.15) is 11.8 Å². The summed E-state index contributed by atoms with van der Waals surface area (Å²) in [7, 11) is 0. The van der Waals surface area contributed by atoms with Crippen molar-refractivity contribution in [3.05, 3.63) is 35.1 Å². The van der Waals surface area contributed by atoms with Crippen molar-refractivity contribution in [2.24, 2.45) is 0 Å². The van der Waals surface area contributed by atoms with Gasteiger partial charge in [0.1, 0.15) is 5.82 Å². The van der Waals surface area contributed by atoms with Crippen LogP contribution in [0.5, 0.6) is 0 Å². The quantitative estimate of drug-likeness (QED) is 0.918. The fraction of sp³-hybridized carbons (Fsp3) is 0.533. The van der Waals surface area contributed by atoms with Crippen LogP contribution in [-0.4, -0.2) is 23.5 Å². The Morgan fingerprint density at radius 1 is 1.32 bits per heavy atom. The maximum atomic E-state index is 13.7. The van der Waals surface area contributed by atoms with E-state index < -0.39 is 5.82 Å². The van der Waals surface area contributed by atoms with E-state index in [0.717, 1.165) is 31.2 Å². The lowest BCUT2D eigenvalue weighted by Crippen LogP contribution is -2.38. The van der Waals surface area contributed by atoms with Gasteiger partial charge in [-0.15, -0.1) is 0 Å². The largest absolute Gasteiger partial charge is 0.349 e. The van der Waals surface area contributed by atoms with Gasteiger partial charge in [0.2, 0.25) is 0 Å². The van der Waals surface area contributed by atoms with Gasteiger partial charge < -0.3 is 5.32 Å². The van der Waals surface area contributed by atoms with E-state index >= 15 is 0 Å². The lowest BCUT2D eigenvalue weighted by molar-refractivity contribution is 0.0924. The normalized spacial score (nSPS) is 23.1. The number of aryl methyl sites for hydroxylation is 1. The molecule has 0 saturated heterocycles. The second-order valence-electron chi connectivity index (χ2n) is 5.17. The summed E-state index contributed by atoms with van der Waals surface area (Å²) in [6.07, 6.45) is 6.37. The number of amides is 1. The molecule has 1 fully saturated rings. The van der Waals surface area contributed by atoms with Gasteiger partial charge in [0.05, 0.1) is 5.56 Å². The summed E-state index contributed by atoms with van der Waals surface area (Å²) in [5, 5.41) is 3.66. The number of halogens is 1. The molecule has 0 spiro atoms. The number of hydrogen-bond donors (Lipinski definition) is 1. The summed E-state index contributed by atoms with van der Waals surface area (Å²) >= 11 is 1.89. The average Bonchev–Trinajstić information content (AvgIpc) is 2.39. The number of carbonyl (C=O) groups excluding carboxylic acids is 1. The van der Waals surface area contributed by atoms with E-state index in [0.29, 0.717) is 5.25 Å². The van der Waals surface area contributed by atoms with Crippen LogP contribution in [0.15, 0.2) is 18.2 Å². The van der Waals surface area contributed by atoms with Crippen molar-refractivity contribution in [3.63, 3.8) is 0 Å². The molecule has 0 atom stereocenters. The highest BCUT2D eigenvalue weighted by Gasteiger charge is 2.23. The van der Waals surface area contributed by atoms with Crippen LogP contribution >= 0.6 is 11.8 Å². The van der Waals surface area contributed by atoms with Crippen LogP contribution in [0.25, 0.3) is 0 Å². The maximum absolute atomic E-state index is 13.7. The van der Waals surface area contributed by atoms with E-state index in [1.54, 1.807) is 12.1 Å². The number of carbonyl (C=O) groups is 1. The van der Waals surface area contributed by atoms with E-state index in [4.69, 9.17) is 0 Å². The Morgan fingerprint density at radius 2 is 2.00 bits per heavy atom. The molecule has 0 radical (unpaired) electrons. The molecule has 0 heterocycles. The Labute approximate surface area is 118 Å². The molecular weight excluding hydrogens is 261 g/mol. The molecule has 1 aromatic rings. The first kappa shape index (κ1) is 14.4. The SMILES string of the molecule is CSC1CCC(NC(=O)c2ccc(C)cc2F)CC1. The zero-order valence-corrected chi connectivity index (χ0v) is 12.2. The van der Waals surface area contributed by atoms with Crippen molar-refractivity contribution in [1.82, 2.24) is 5.32 Å². The van der Waals surface area contributed by atoms with Crippen LogP contribution in [0.4, 0.5) is 4.39 Å². The van der Waals surface area contributed by atoms with Crippen molar-refractivity contribution < 1.29 is 9.18 Å². The van der Waals surface area contributed by atoms with E-state index in [9.17, 15) is 9.18 Å². The molecule has 4 heteroatoms. The topological polar surface area (TPSA) is 29.1 Å². The predicted molar refractivity (Wildman–Crippen MR) is 78.2 cm³/mol. The molecule has 1 aromatic carbocycles. The summed E-state index contributed by atoms with van der Waals surface area (Å²) in [5.74, 6) is -0.722. The second kappa shape index (κ2) is 6.42. The zero-order valence-electron chi connectivity index (χ0n) is 11.4. The van der Waals surface area contributed by atoms with Crippen LogP contribution in [0.2, 0.25) is 0 Å². The Hall–Kier alpha value is -1.03. The molecule has 1 amide bonds. The van der Waals surface area contributed by atoms with Gasteiger partial charge >= 0.3 is 0 Å². The number of thioether (sulfide) groups is 1. The van der Waals surface area contributed by atoms with Crippen molar-refractivity contribution in [1.29, 1.82) is 0 Å². The Morgan fingerprint density at radius 3 is 2.58 bits per heavy atom. The summed E-state index contributed by atoms with van der Waals surface area (Å²) in [5.41, 5.74) is 0.979. The third-order valence-corrected chi connectivity index (χ3v) is 4.85. The molecule has 2 rings (SSSR count). The van der Waals surface area contributed by atoms with E-state index in [-0.39, 0.29) is 17.5 Å². The maximum Gasteiger partial charge on any atom is 0.254 e.